The van der Waals surface area contributed by atoms with E-state index >= 15 is 0 Å². The molecule has 0 unspecified atom stereocenters. The molecule has 1 fully saturated rings. The number of halogens is 3. The van der Waals surface area contributed by atoms with Crippen LogP contribution < -0.4 is 4.74 Å². The van der Waals surface area contributed by atoms with Gasteiger partial charge in [-0.1, -0.05) is 11.6 Å². The van der Waals surface area contributed by atoms with Gasteiger partial charge in [0.25, 0.3) is 0 Å². The van der Waals surface area contributed by atoms with E-state index in [9.17, 15) is 17.2 Å². The van der Waals surface area contributed by atoms with Gasteiger partial charge < -0.3 is 9.84 Å². The lowest BCUT2D eigenvalue weighted by atomic mass is 10.3. The molecular formula is C13H17ClF2N2O4S. The van der Waals surface area contributed by atoms with Crippen LogP contribution in [0.5, 0.6) is 5.75 Å². The average Bonchev–Trinajstić information content (AvgIpc) is 2.49. The number of benzene rings is 1. The molecule has 6 nitrogen and oxygen atoms in total. The summed E-state index contributed by atoms with van der Waals surface area (Å²) in [5.41, 5.74) is 0. The molecule has 1 saturated heterocycles. The second-order valence-corrected chi connectivity index (χ2v) is 7.29. The summed E-state index contributed by atoms with van der Waals surface area (Å²) in [7, 11) is -3.75. The molecule has 0 atom stereocenters. The van der Waals surface area contributed by atoms with Gasteiger partial charge >= 0.3 is 6.61 Å². The van der Waals surface area contributed by atoms with Gasteiger partial charge in [0, 0.05) is 32.7 Å². The summed E-state index contributed by atoms with van der Waals surface area (Å²) in [6, 6.07) is 3.41. The smallest absolute Gasteiger partial charge is 0.387 e. The fourth-order valence-electron chi connectivity index (χ4n) is 2.32. The predicted molar refractivity (Wildman–Crippen MR) is 80.4 cm³/mol. The van der Waals surface area contributed by atoms with Gasteiger partial charge in [-0.05, 0) is 18.2 Å². The third-order valence-electron chi connectivity index (χ3n) is 3.50. The molecule has 0 amide bonds. The zero-order valence-corrected chi connectivity index (χ0v) is 13.7. The highest BCUT2D eigenvalue weighted by atomic mass is 35.5. The third-order valence-corrected chi connectivity index (χ3v) is 5.69. The highest BCUT2D eigenvalue weighted by Crippen LogP contribution is 2.30. The number of rotatable bonds is 6. The van der Waals surface area contributed by atoms with E-state index in [0.717, 1.165) is 12.1 Å². The van der Waals surface area contributed by atoms with Gasteiger partial charge in [0.15, 0.2) is 0 Å². The zero-order valence-electron chi connectivity index (χ0n) is 12.2. The van der Waals surface area contributed by atoms with Gasteiger partial charge in [0.1, 0.15) is 5.75 Å². The summed E-state index contributed by atoms with van der Waals surface area (Å²) in [6.45, 7) is -0.910. The summed E-state index contributed by atoms with van der Waals surface area (Å²) in [4.78, 5) is 1.89. The fraction of sp³-hybridized carbons (Fsp3) is 0.538. The minimum absolute atomic E-state index is 0.0218. The maximum Gasteiger partial charge on any atom is 0.387 e. The van der Waals surface area contributed by atoms with Crippen molar-refractivity contribution >= 4 is 21.6 Å². The van der Waals surface area contributed by atoms with E-state index < -0.39 is 16.6 Å². The van der Waals surface area contributed by atoms with E-state index in [1.807, 2.05) is 4.90 Å². The van der Waals surface area contributed by atoms with Crippen molar-refractivity contribution in [3.8, 4) is 5.75 Å². The lowest BCUT2D eigenvalue weighted by molar-refractivity contribution is -0.0498. The fourth-order valence-corrected chi connectivity index (χ4v) is 4.06. The normalized spacial score (nSPS) is 17.6. The van der Waals surface area contributed by atoms with Crippen LogP contribution in [0.3, 0.4) is 0 Å². The van der Waals surface area contributed by atoms with E-state index in [1.165, 1.54) is 10.4 Å². The predicted octanol–water partition coefficient (Wildman–Crippen LogP) is 1.24. The van der Waals surface area contributed by atoms with Crippen molar-refractivity contribution in [3.05, 3.63) is 23.2 Å². The Hall–Kier alpha value is -1.00. The number of nitrogens with zero attached hydrogens (tertiary/aromatic N) is 2. The molecule has 0 saturated carbocycles. The summed E-state index contributed by atoms with van der Waals surface area (Å²) in [6.07, 6.45) is 0. The van der Waals surface area contributed by atoms with Crippen LogP contribution in [-0.4, -0.2) is 68.7 Å². The third kappa shape index (κ3) is 4.51. The number of piperazine rings is 1. The van der Waals surface area contributed by atoms with Gasteiger partial charge in [0.2, 0.25) is 10.0 Å². The first kappa shape index (κ1) is 18.3. The molecule has 0 radical (unpaired) electrons. The van der Waals surface area contributed by atoms with E-state index in [1.54, 1.807) is 0 Å². The minimum Gasteiger partial charge on any atom is -0.433 e. The number of hydrogen-bond donors (Lipinski definition) is 1. The molecular weight excluding hydrogens is 354 g/mol. The topological polar surface area (TPSA) is 70.1 Å². The van der Waals surface area contributed by atoms with Crippen LogP contribution in [0.4, 0.5) is 8.78 Å². The molecule has 1 aliphatic heterocycles. The number of ether oxygens (including phenoxy) is 1. The van der Waals surface area contributed by atoms with Crippen molar-refractivity contribution in [2.24, 2.45) is 0 Å². The molecule has 0 spiro atoms. The standard InChI is InChI=1S/C13H17ClF2N2O4S/c14-11-9-10(1-2-12(11)22-13(15)16)23(20,21)18-5-3-17(4-6-18)7-8-19/h1-2,9,13,19H,3-8H2. The summed E-state index contributed by atoms with van der Waals surface area (Å²) in [5, 5.41) is 8.70. The van der Waals surface area contributed by atoms with Gasteiger partial charge in [-0.3, -0.25) is 4.90 Å². The zero-order chi connectivity index (χ0) is 17.0. The van der Waals surface area contributed by atoms with Gasteiger partial charge in [-0.15, -0.1) is 0 Å². The lowest BCUT2D eigenvalue weighted by Crippen LogP contribution is -2.49. The van der Waals surface area contributed by atoms with Gasteiger partial charge in [-0.25, -0.2) is 8.42 Å². The van der Waals surface area contributed by atoms with Crippen LogP contribution in [0.1, 0.15) is 0 Å². The SMILES string of the molecule is O=S(=O)(c1ccc(OC(F)F)c(Cl)c1)N1CCN(CCO)CC1. The first-order valence-electron chi connectivity index (χ1n) is 6.92. The molecule has 1 heterocycles. The molecule has 130 valence electrons. The quantitative estimate of drug-likeness (QED) is 0.816. The number of β-amino-alcohol motifs (C(OH)–C–C–N with tert-alkyl or cyclic N) is 1. The van der Waals surface area contributed by atoms with E-state index in [-0.39, 0.29) is 35.4 Å². The lowest BCUT2D eigenvalue weighted by Gasteiger charge is -2.33. The molecule has 1 N–H and O–H groups in total. The number of sulfonamides is 1. The van der Waals surface area contributed by atoms with Crippen molar-refractivity contribution in [1.82, 2.24) is 9.21 Å². The Kier molecular flexibility index (Phi) is 6.15. The monoisotopic (exact) mass is 370 g/mol. The Morgan fingerprint density at radius 1 is 1.26 bits per heavy atom. The first-order chi connectivity index (χ1) is 10.8. The van der Waals surface area contributed by atoms with Crippen LogP contribution in [0.15, 0.2) is 23.1 Å². The number of aliphatic hydroxyl groups is 1. The van der Waals surface area contributed by atoms with Gasteiger partial charge in [0.05, 0.1) is 16.5 Å². The van der Waals surface area contributed by atoms with Crippen molar-refractivity contribution in [2.75, 3.05) is 39.3 Å². The highest BCUT2D eigenvalue weighted by Gasteiger charge is 2.29. The Bertz CT molecular complexity index is 637. The molecule has 0 aliphatic carbocycles. The van der Waals surface area contributed by atoms with Crippen LogP contribution >= 0.6 is 11.6 Å². The maximum atomic E-state index is 12.5. The van der Waals surface area contributed by atoms with E-state index in [2.05, 4.69) is 4.74 Å². The highest BCUT2D eigenvalue weighted by molar-refractivity contribution is 7.89. The van der Waals surface area contributed by atoms with E-state index in [4.69, 9.17) is 16.7 Å². The van der Waals surface area contributed by atoms with Gasteiger partial charge in [-0.2, -0.15) is 13.1 Å². The van der Waals surface area contributed by atoms with Crippen molar-refractivity contribution in [1.29, 1.82) is 0 Å². The molecule has 2 rings (SSSR count). The first-order valence-corrected chi connectivity index (χ1v) is 8.74. The Morgan fingerprint density at radius 2 is 1.91 bits per heavy atom. The summed E-state index contributed by atoms with van der Waals surface area (Å²) >= 11 is 5.81. The second-order valence-electron chi connectivity index (χ2n) is 4.94. The molecule has 10 heteroatoms. The molecule has 0 bridgehead atoms. The number of aliphatic hydroxyl groups excluding tert-OH is 1. The largest absolute Gasteiger partial charge is 0.433 e. The second kappa shape index (κ2) is 7.71. The molecule has 0 aromatic heterocycles. The van der Waals surface area contributed by atoms with Crippen LogP contribution in [0.2, 0.25) is 5.02 Å². The Balaban J connectivity index is 2.12. The molecule has 23 heavy (non-hydrogen) atoms. The van der Waals surface area contributed by atoms with Crippen molar-refractivity contribution in [3.63, 3.8) is 0 Å². The van der Waals surface area contributed by atoms with E-state index in [0.29, 0.717) is 19.6 Å². The van der Waals surface area contributed by atoms with Crippen LogP contribution in [0.25, 0.3) is 0 Å². The van der Waals surface area contributed by atoms with Crippen molar-refractivity contribution < 1.29 is 27.0 Å². The summed E-state index contributed by atoms with van der Waals surface area (Å²) < 4.78 is 55.0. The van der Waals surface area contributed by atoms with Crippen molar-refractivity contribution in [2.45, 2.75) is 11.5 Å². The maximum absolute atomic E-state index is 12.5. The van der Waals surface area contributed by atoms with Crippen LogP contribution in [-0.2, 0) is 10.0 Å². The Labute approximate surface area is 138 Å². The number of hydrogen-bond acceptors (Lipinski definition) is 5. The van der Waals surface area contributed by atoms with Crippen LogP contribution in [0, 0.1) is 0 Å². The Morgan fingerprint density at radius 3 is 2.43 bits per heavy atom. The molecule has 1 aromatic rings. The number of alkyl halides is 2. The molecule has 1 aromatic carbocycles. The minimum atomic E-state index is -3.75. The average molecular weight is 371 g/mol. The summed E-state index contributed by atoms with van der Waals surface area (Å²) in [5.74, 6) is -0.270. The molecule has 1 aliphatic rings.